The van der Waals surface area contributed by atoms with Crippen LogP contribution in [0.5, 0.6) is 11.6 Å². The average molecular weight is 301 g/mol. The lowest BCUT2D eigenvalue weighted by atomic mass is 10.1. The van der Waals surface area contributed by atoms with E-state index in [1.807, 2.05) is 0 Å². The Kier molecular flexibility index (Phi) is 4.34. The summed E-state index contributed by atoms with van der Waals surface area (Å²) in [6.07, 6.45) is 2.55. The summed E-state index contributed by atoms with van der Waals surface area (Å²) in [4.78, 5) is 7.58. The summed E-state index contributed by atoms with van der Waals surface area (Å²) in [6.45, 7) is 1.19. The van der Waals surface area contributed by atoms with Crippen LogP contribution in [0.25, 0.3) is 0 Å². The SMILES string of the molecule is COc1cc(C)c(F)c(COc2cnc(Cl)cn2)c1F. The summed E-state index contributed by atoms with van der Waals surface area (Å²) in [7, 11) is 1.31. The summed E-state index contributed by atoms with van der Waals surface area (Å²) < 4.78 is 37.9. The highest BCUT2D eigenvalue weighted by Gasteiger charge is 2.18. The zero-order chi connectivity index (χ0) is 14.7. The molecular formula is C13H11ClF2N2O2. The standard InChI is InChI=1S/C13H11ClF2N2O2/c1-7-3-9(19-2)13(16)8(12(7)15)6-20-11-5-17-10(14)4-18-11/h3-5H,6H2,1-2H3. The van der Waals surface area contributed by atoms with E-state index >= 15 is 0 Å². The second-order valence-corrected chi connectivity index (χ2v) is 4.36. The quantitative estimate of drug-likeness (QED) is 0.869. The number of hydrogen-bond acceptors (Lipinski definition) is 4. The Balaban J connectivity index is 2.24. The molecule has 0 aliphatic carbocycles. The Morgan fingerprint density at radius 3 is 2.55 bits per heavy atom. The van der Waals surface area contributed by atoms with Crippen molar-refractivity contribution >= 4 is 11.6 Å². The topological polar surface area (TPSA) is 44.2 Å². The van der Waals surface area contributed by atoms with Gasteiger partial charge in [-0.05, 0) is 18.6 Å². The van der Waals surface area contributed by atoms with Crippen LogP contribution < -0.4 is 9.47 Å². The van der Waals surface area contributed by atoms with Gasteiger partial charge in [-0.2, -0.15) is 0 Å². The number of halogens is 3. The number of ether oxygens (including phenoxy) is 2. The molecule has 0 saturated heterocycles. The van der Waals surface area contributed by atoms with E-state index in [1.165, 1.54) is 32.5 Å². The van der Waals surface area contributed by atoms with Gasteiger partial charge in [0.2, 0.25) is 5.88 Å². The van der Waals surface area contributed by atoms with Crippen LogP contribution in [-0.4, -0.2) is 17.1 Å². The van der Waals surface area contributed by atoms with Gasteiger partial charge in [0.15, 0.2) is 11.6 Å². The third-order valence-electron chi connectivity index (χ3n) is 2.62. The molecule has 2 rings (SSSR count). The fourth-order valence-corrected chi connectivity index (χ4v) is 1.70. The monoisotopic (exact) mass is 300 g/mol. The second-order valence-electron chi connectivity index (χ2n) is 3.97. The minimum atomic E-state index is -0.794. The Labute approximate surface area is 119 Å². The summed E-state index contributed by atoms with van der Waals surface area (Å²) in [6, 6.07) is 1.29. The number of hydrogen-bond donors (Lipinski definition) is 0. The molecule has 4 nitrogen and oxygen atoms in total. The predicted molar refractivity (Wildman–Crippen MR) is 69.0 cm³/mol. The maximum atomic E-state index is 14.0. The zero-order valence-electron chi connectivity index (χ0n) is 10.8. The molecule has 0 fully saturated rings. The van der Waals surface area contributed by atoms with Crippen LogP contribution in [0.15, 0.2) is 18.5 Å². The van der Waals surface area contributed by atoms with Gasteiger partial charge in [0.1, 0.15) is 17.6 Å². The maximum absolute atomic E-state index is 14.0. The molecule has 0 unspecified atom stereocenters. The van der Waals surface area contributed by atoms with E-state index in [4.69, 9.17) is 21.1 Å². The molecule has 0 bridgehead atoms. The highest BCUT2D eigenvalue weighted by atomic mass is 35.5. The lowest BCUT2D eigenvalue weighted by Crippen LogP contribution is -2.06. The van der Waals surface area contributed by atoms with Crippen LogP contribution in [0.2, 0.25) is 5.15 Å². The number of methoxy groups -OCH3 is 1. The molecule has 0 atom stereocenters. The Morgan fingerprint density at radius 1 is 1.20 bits per heavy atom. The number of nitrogens with zero attached hydrogens (tertiary/aromatic N) is 2. The highest BCUT2D eigenvalue weighted by molar-refractivity contribution is 6.29. The number of benzene rings is 1. The molecule has 0 radical (unpaired) electrons. The number of rotatable bonds is 4. The Morgan fingerprint density at radius 2 is 1.95 bits per heavy atom. The fourth-order valence-electron chi connectivity index (χ4n) is 1.60. The molecule has 0 saturated carbocycles. The normalized spacial score (nSPS) is 10.4. The van der Waals surface area contributed by atoms with Gasteiger partial charge in [-0.25, -0.2) is 18.7 Å². The van der Waals surface area contributed by atoms with Crippen molar-refractivity contribution < 1.29 is 18.3 Å². The summed E-state index contributed by atoms with van der Waals surface area (Å²) in [5, 5.41) is 0.201. The number of aryl methyl sites for hydroxylation is 1. The first kappa shape index (κ1) is 14.5. The highest BCUT2D eigenvalue weighted by Crippen LogP contribution is 2.27. The largest absolute Gasteiger partial charge is 0.494 e. The van der Waals surface area contributed by atoms with Crippen molar-refractivity contribution in [1.29, 1.82) is 0 Å². The minimum absolute atomic E-state index is 0.0373. The van der Waals surface area contributed by atoms with Gasteiger partial charge >= 0.3 is 0 Å². The molecule has 7 heteroatoms. The molecule has 0 amide bonds. The third kappa shape index (κ3) is 2.96. The van der Waals surface area contributed by atoms with Crippen LogP contribution in [0.4, 0.5) is 8.78 Å². The van der Waals surface area contributed by atoms with Crippen LogP contribution in [-0.2, 0) is 6.61 Å². The van der Waals surface area contributed by atoms with Gasteiger partial charge in [-0.3, -0.25) is 0 Å². The third-order valence-corrected chi connectivity index (χ3v) is 2.82. The van der Waals surface area contributed by atoms with Gasteiger partial charge < -0.3 is 9.47 Å². The van der Waals surface area contributed by atoms with Crippen LogP contribution in [0.3, 0.4) is 0 Å². The molecule has 20 heavy (non-hydrogen) atoms. The van der Waals surface area contributed by atoms with E-state index in [1.54, 1.807) is 0 Å². The van der Waals surface area contributed by atoms with Gasteiger partial charge in [-0.1, -0.05) is 11.6 Å². The van der Waals surface area contributed by atoms with Crippen molar-refractivity contribution in [3.05, 3.63) is 46.4 Å². The van der Waals surface area contributed by atoms with E-state index in [2.05, 4.69) is 9.97 Å². The first-order chi connectivity index (χ1) is 9.52. The first-order valence-electron chi connectivity index (χ1n) is 5.64. The first-order valence-corrected chi connectivity index (χ1v) is 6.02. The maximum Gasteiger partial charge on any atom is 0.232 e. The Hall–Kier alpha value is -1.95. The van der Waals surface area contributed by atoms with Crippen molar-refractivity contribution in [3.63, 3.8) is 0 Å². The average Bonchev–Trinajstić information content (AvgIpc) is 2.44. The molecule has 0 aliphatic heterocycles. The molecule has 0 spiro atoms. The lowest BCUT2D eigenvalue weighted by molar-refractivity contribution is 0.276. The molecule has 0 N–H and O–H groups in total. The molecule has 1 aromatic carbocycles. The summed E-state index contributed by atoms with van der Waals surface area (Å²) in [5.41, 5.74) is 0.0441. The van der Waals surface area contributed by atoms with Crippen molar-refractivity contribution in [2.45, 2.75) is 13.5 Å². The van der Waals surface area contributed by atoms with E-state index in [0.29, 0.717) is 0 Å². The fraction of sp³-hybridized carbons (Fsp3) is 0.231. The molecule has 1 heterocycles. The minimum Gasteiger partial charge on any atom is -0.494 e. The summed E-state index contributed by atoms with van der Waals surface area (Å²) in [5.74, 6) is -1.39. The van der Waals surface area contributed by atoms with E-state index in [0.717, 1.165) is 0 Å². The van der Waals surface area contributed by atoms with Crippen molar-refractivity contribution in [3.8, 4) is 11.6 Å². The van der Waals surface area contributed by atoms with E-state index < -0.39 is 11.6 Å². The van der Waals surface area contributed by atoms with E-state index in [-0.39, 0.29) is 34.5 Å². The van der Waals surface area contributed by atoms with Gasteiger partial charge in [0.25, 0.3) is 0 Å². The summed E-state index contributed by atoms with van der Waals surface area (Å²) >= 11 is 5.57. The lowest BCUT2D eigenvalue weighted by Gasteiger charge is -2.11. The van der Waals surface area contributed by atoms with Crippen LogP contribution in [0.1, 0.15) is 11.1 Å². The zero-order valence-corrected chi connectivity index (χ0v) is 11.5. The smallest absolute Gasteiger partial charge is 0.232 e. The van der Waals surface area contributed by atoms with Crippen molar-refractivity contribution in [2.75, 3.05) is 7.11 Å². The van der Waals surface area contributed by atoms with Crippen LogP contribution in [0, 0.1) is 18.6 Å². The molecule has 0 aliphatic rings. The van der Waals surface area contributed by atoms with Gasteiger partial charge in [0, 0.05) is 0 Å². The number of aromatic nitrogens is 2. The van der Waals surface area contributed by atoms with E-state index in [9.17, 15) is 8.78 Å². The molecule has 106 valence electrons. The second kappa shape index (κ2) is 6.00. The van der Waals surface area contributed by atoms with Gasteiger partial charge in [-0.15, -0.1) is 0 Å². The molecule has 2 aromatic rings. The molecule has 1 aromatic heterocycles. The van der Waals surface area contributed by atoms with Crippen LogP contribution >= 0.6 is 11.6 Å². The van der Waals surface area contributed by atoms with Gasteiger partial charge in [0.05, 0.1) is 25.1 Å². The van der Waals surface area contributed by atoms with Crippen molar-refractivity contribution in [2.24, 2.45) is 0 Å². The van der Waals surface area contributed by atoms with Crippen molar-refractivity contribution in [1.82, 2.24) is 9.97 Å². The molecular weight excluding hydrogens is 290 g/mol. The predicted octanol–water partition coefficient (Wildman–Crippen LogP) is 3.30. The Bertz CT molecular complexity index is 621.